The molecule has 0 bridgehead atoms. The van der Waals surface area contributed by atoms with Crippen molar-refractivity contribution >= 4 is 43.1 Å². The predicted octanol–water partition coefficient (Wildman–Crippen LogP) is 2.17. The van der Waals surface area contributed by atoms with E-state index < -0.39 is 137 Å². The molecule has 33 heteroatoms. The lowest BCUT2D eigenvalue weighted by atomic mass is 9.91. The highest BCUT2D eigenvalue weighted by Gasteiger charge is 2.45. The molecule has 0 aromatic carbocycles. The Kier molecular flexibility index (Phi) is 57.4. The summed E-state index contributed by atoms with van der Waals surface area (Å²) in [5.41, 5.74) is 5.30. The number of Topliss-reactive ketones (excluding diaryl/α,β-unsaturated/α-hetero) is 1. The Bertz CT molecular complexity index is 2240. The molecule has 18 atom stereocenters. The molecule has 3 rings (SSSR count). The van der Waals surface area contributed by atoms with Crippen LogP contribution in [-0.4, -0.2) is 266 Å². The number of ketones is 1. The number of ether oxygens (including phenoxy) is 7. The van der Waals surface area contributed by atoms with Crippen LogP contribution in [0, 0.1) is 23.7 Å². The predicted molar refractivity (Wildman–Crippen MR) is 378 cm³/mol. The summed E-state index contributed by atoms with van der Waals surface area (Å²) in [5, 5.41) is 104. The quantitative estimate of drug-likeness (QED) is 0.0306. The number of rotatable bonds is 54. The van der Waals surface area contributed by atoms with Crippen molar-refractivity contribution in [2.45, 2.75) is 282 Å². The molecule has 102 heavy (non-hydrogen) atoms. The number of carbonyl (C=O) groups is 6. The molecule has 17 N–H and O–H groups in total. The fourth-order valence-electron chi connectivity index (χ4n) is 11.2. The van der Waals surface area contributed by atoms with Gasteiger partial charge >= 0.3 is 7.82 Å². The number of unbranched alkanes of at least 4 members (excludes halogenated alkanes) is 10. The summed E-state index contributed by atoms with van der Waals surface area (Å²) in [4.78, 5) is 88.3. The Morgan fingerprint density at radius 3 is 1.24 bits per heavy atom. The highest BCUT2D eigenvalue weighted by molar-refractivity contribution is 7.47. The zero-order valence-electron chi connectivity index (χ0n) is 61.2. The van der Waals surface area contributed by atoms with Crippen LogP contribution >= 0.6 is 7.82 Å². The van der Waals surface area contributed by atoms with Crippen molar-refractivity contribution in [1.29, 1.82) is 0 Å². The van der Waals surface area contributed by atoms with Gasteiger partial charge in [-0.25, -0.2) is 4.57 Å². The van der Waals surface area contributed by atoms with E-state index in [0.29, 0.717) is 142 Å². The molecular formula is C69H135N6O26P. The number of aliphatic hydroxyl groups excluding tert-OH is 9. The van der Waals surface area contributed by atoms with Crippen LogP contribution in [0.15, 0.2) is 0 Å². The van der Waals surface area contributed by atoms with Gasteiger partial charge in [0.2, 0.25) is 29.5 Å². The monoisotopic (exact) mass is 1490 g/mol. The van der Waals surface area contributed by atoms with Crippen LogP contribution in [0.2, 0.25) is 0 Å². The number of aliphatic hydroxyl groups is 9. The normalized spacial score (nSPS) is 25.9. The molecular weight excluding hydrogens is 1360 g/mol. The van der Waals surface area contributed by atoms with Crippen molar-refractivity contribution in [1.82, 2.24) is 26.6 Å². The van der Waals surface area contributed by atoms with E-state index in [4.69, 9.17) is 43.8 Å². The van der Waals surface area contributed by atoms with Gasteiger partial charge < -0.3 is 116 Å². The van der Waals surface area contributed by atoms with Gasteiger partial charge in [0.05, 0.1) is 50.8 Å². The van der Waals surface area contributed by atoms with Crippen molar-refractivity contribution in [2.24, 2.45) is 29.4 Å². The van der Waals surface area contributed by atoms with Gasteiger partial charge in [0, 0.05) is 123 Å². The van der Waals surface area contributed by atoms with Crippen LogP contribution in [0.1, 0.15) is 203 Å². The van der Waals surface area contributed by atoms with Crippen LogP contribution in [0.25, 0.3) is 0 Å². The van der Waals surface area contributed by atoms with E-state index in [1.807, 2.05) is 13.8 Å². The van der Waals surface area contributed by atoms with Crippen LogP contribution in [0.5, 0.6) is 0 Å². The average molecular weight is 1500 g/mol. The number of nitrogens with one attached hydrogen (secondary N) is 5. The van der Waals surface area contributed by atoms with Crippen molar-refractivity contribution in [2.75, 3.05) is 99.8 Å². The number of methoxy groups -OCH3 is 1. The van der Waals surface area contributed by atoms with Crippen molar-refractivity contribution < 1.29 is 126 Å². The smallest absolute Gasteiger partial charge is 0.394 e. The van der Waals surface area contributed by atoms with Gasteiger partial charge in [-0.15, -0.1) is 0 Å². The molecule has 0 aromatic heterocycles. The third-order valence-electron chi connectivity index (χ3n) is 17.7. The number of phosphoric acid groups is 1. The Labute approximate surface area is 605 Å². The van der Waals surface area contributed by atoms with E-state index >= 15 is 0 Å². The number of phosphoric ester groups is 1. The summed E-state index contributed by atoms with van der Waals surface area (Å²) in [6.45, 7) is 11.1. The zero-order chi connectivity index (χ0) is 75.5. The minimum absolute atomic E-state index is 0. The van der Waals surface area contributed by atoms with Gasteiger partial charge in [0.1, 0.15) is 36.6 Å². The van der Waals surface area contributed by atoms with Gasteiger partial charge in [0.15, 0.2) is 24.7 Å². The van der Waals surface area contributed by atoms with E-state index in [9.17, 15) is 79.3 Å². The molecule has 5 amide bonds. The summed E-state index contributed by atoms with van der Waals surface area (Å²) in [5.74, 6) is -3.93. The first-order chi connectivity index (χ1) is 48.4. The fourth-order valence-corrected chi connectivity index (χ4v) is 11.7. The SMILES string of the molecule is C.CC.COCCCNC(=O)CCCCCNC(=O)C(CCCCNC(=O)CCCCO[C@@H]1OC(CO)[C@H](O)[C@H](O)C1C)CC(=O)C(CCCCNC(=O)CCCCO[C@@H]1OC(CO)[C@H](O)[C@H](O)C1C)NC(=O)CCCCO[C@@H]1OC(CO)[C@H](O)[C@H](O)C1C.COP(=O)(O)OCCCCCCN. The standard InChI is InChI=1S/C59H107N5O22.C7H18NO4P.C2H6.CH4/c1-37-50(73)53(76)43(34-65)84-57(37)81-30-15-9-22-47(70)60-25-13-7-19-40(56(79)63-27-12-5-6-21-46(69)62-28-18-29-80-4)33-42(68)41(64-49(72)24-11-17-32-83-59-39(3)52(75)55(78)45(36-67)86-59)20-8-14-26-61-48(71)23-10-16-31-82-58-38(2)51(74)54(77)44(35-66)85-58;1-11-13(9,10)12-7-5-3-2-4-6-8;1-2;/h37-41,43-45,50-55,57-59,65-67,73-78H,5-36H2,1-4H3,(H,60,70)(H,61,71)(H,62,69)(H,63,79)(H,64,72);2-8H2,1H3,(H,9,10);1-2H3;1H4/t37?,38?,39?,40?,41?,43?,44?,45?,50-,51-,52-,53+,54+,55+,57-,58-,59-;;;/m1.../s1. The minimum Gasteiger partial charge on any atom is -0.394 e. The molecule has 0 spiro atoms. The number of hydrogen-bond acceptors (Lipinski definition) is 26. The molecule has 3 fully saturated rings. The lowest BCUT2D eigenvalue weighted by Gasteiger charge is -2.40. The Hall–Kier alpha value is -3.55. The lowest BCUT2D eigenvalue weighted by molar-refractivity contribution is -0.282. The third-order valence-corrected chi connectivity index (χ3v) is 18.7. The molecule has 0 aromatic rings. The van der Waals surface area contributed by atoms with Gasteiger partial charge in [0.25, 0.3) is 0 Å². The molecule has 3 heterocycles. The highest BCUT2D eigenvalue weighted by atomic mass is 31.2. The number of amides is 5. The van der Waals surface area contributed by atoms with E-state index in [1.165, 1.54) is 0 Å². The first-order valence-electron chi connectivity index (χ1n) is 36.7. The van der Waals surface area contributed by atoms with Gasteiger partial charge in [-0.05, 0) is 109 Å². The molecule has 3 aliphatic heterocycles. The maximum atomic E-state index is 14.3. The number of nitrogens with two attached hydrogens (primary N) is 1. The topological polar surface area (TPSA) is 491 Å². The lowest BCUT2D eigenvalue weighted by Crippen LogP contribution is -2.55. The molecule has 32 nitrogen and oxygen atoms in total. The molecule has 3 saturated heterocycles. The molecule has 0 saturated carbocycles. The Balaban J connectivity index is 0.00000570. The maximum Gasteiger partial charge on any atom is 0.471 e. The van der Waals surface area contributed by atoms with E-state index in [1.54, 1.807) is 27.9 Å². The summed E-state index contributed by atoms with van der Waals surface area (Å²) in [6, 6.07) is -0.960. The molecule has 0 radical (unpaired) electrons. The van der Waals surface area contributed by atoms with Crippen molar-refractivity contribution in [3.05, 3.63) is 0 Å². The molecule has 602 valence electrons. The summed E-state index contributed by atoms with van der Waals surface area (Å²) < 4.78 is 58.8. The van der Waals surface area contributed by atoms with Crippen molar-refractivity contribution in [3.63, 3.8) is 0 Å². The number of carbonyl (C=O) groups excluding carboxylic acids is 6. The van der Waals surface area contributed by atoms with Gasteiger partial charge in [-0.2, -0.15) is 0 Å². The summed E-state index contributed by atoms with van der Waals surface area (Å²) in [7, 11) is -1.01. The van der Waals surface area contributed by atoms with E-state index in [0.717, 1.165) is 32.8 Å². The zero-order valence-corrected chi connectivity index (χ0v) is 62.1. The van der Waals surface area contributed by atoms with E-state index in [2.05, 4.69) is 35.6 Å². The van der Waals surface area contributed by atoms with Crippen LogP contribution < -0.4 is 32.3 Å². The van der Waals surface area contributed by atoms with Crippen molar-refractivity contribution in [3.8, 4) is 0 Å². The second kappa shape index (κ2) is 59.5. The second-order valence-electron chi connectivity index (χ2n) is 25.8. The Morgan fingerprint density at radius 1 is 0.461 bits per heavy atom. The molecule has 9 unspecified atom stereocenters. The molecule has 0 aliphatic carbocycles. The van der Waals surface area contributed by atoms with Crippen LogP contribution in [0.4, 0.5) is 0 Å². The second-order valence-corrected chi connectivity index (χ2v) is 27.4. The van der Waals surface area contributed by atoms with Gasteiger partial charge in [-0.3, -0.25) is 37.8 Å². The maximum absolute atomic E-state index is 14.3. The number of hydrogen-bond donors (Lipinski definition) is 16. The summed E-state index contributed by atoms with van der Waals surface area (Å²) in [6.07, 6.45) is -0.510. The first kappa shape index (κ1) is 98.5. The fraction of sp³-hybridized carbons (Fsp3) is 0.913. The van der Waals surface area contributed by atoms with Crippen LogP contribution in [-0.2, 0) is 75.5 Å². The first-order valence-corrected chi connectivity index (χ1v) is 38.2. The van der Waals surface area contributed by atoms with E-state index in [-0.39, 0.29) is 95.4 Å². The van der Waals surface area contributed by atoms with Crippen LogP contribution in [0.3, 0.4) is 0 Å². The third kappa shape index (κ3) is 41.5. The highest BCUT2D eigenvalue weighted by Crippen LogP contribution is 2.42. The minimum atomic E-state index is -3.75. The summed E-state index contributed by atoms with van der Waals surface area (Å²) >= 11 is 0. The molecule has 3 aliphatic rings. The van der Waals surface area contributed by atoms with Gasteiger partial charge in [-0.1, -0.05) is 67.7 Å². The average Bonchev–Trinajstić information content (AvgIpc) is 0.835. The largest absolute Gasteiger partial charge is 0.471 e. The Morgan fingerprint density at radius 2 is 0.824 bits per heavy atom.